The summed E-state index contributed by atoms with van der Waals surface area (Å²) in [6, 6.07) is 3.90. The summed E-state index contributed by atoms with van der Waals surface area (Å²) >= 11 is 2.98. The SMILES string of the molecule is CC(C)(C(=O)Nc1ccc(F)c(Br)c1)S(C)(=O)=O. The van der Waals surface area contributed by atoms with Gasteiger partial charge < -0.3 is 5.32 Å². The summed E-state index contributed by atoms with van der Waals surface area (Å²) in [4.78, 5) is 11.9. The topological polar surface area (TPSA) is 63.2 Å². The number of hydrogen-bond donors (Lipinski definition) is 1. The first kappa shape index (κ1) is 15.1. The van der Waals surface area contributed by atoms with Crippen LogP contribution in [0.5, 0.6) is 0 Å². The first-order chi connectivity index (χ1) is 8.05. The van der Waals surface area contributed by atoms with E-state index >= 15 is 0 Å². The van der Waals surface area contributed by atoms with E-state index in [0.717, 1.165) is 6.26 Å². The molecule has 4 nitrogen and oxygen atoms in total. The van der Waals surface area contributed by atoms with Gasteiger partial charge in [-0.1, -0.05) is 0 Å². The zero-order valence-electron chi connectivity index (χ0n) is 10.1. The highest BCUT2D eigenvalue weighted by molar-refractivity contribution is 9.10. The molecule has 1 rings (SSSR count). The average Bonchev–Trinajstić information content (AvgIpc) is 2.21. The van der Waals surface area contributed by atoms with Gasteiger partial charge in [-0.15, -0.1) is 0 Å². The summed E-state index contributed by atoms with van der Waals surface area (Å²) in [6.07, 6.45) is 0.993. The van der Waals surface area contributed by atoms with Crippen molar-refractivity contribution in [3.63, 3.8) is 0 Å². The first-order valence-corrected chi connectivity index (χ1v) is 7.70. The Bertz CT molecular complexity index is 584. The van der Waals surface area contributed by atoms with Gasteiger partial charge in [0.25, 0.3) is 0 Å². The van der Waals surface area contributed by atoms with Crippen molar-refractivity contribution >= 4 is 37.4 Å². The second kappa shape index (κ2) is 4.97. The number of amides is 1. The maximum atomic E-state index is 13.0. The molecule has 0 radical (unpaired) electrons. The van der Waals surface area contributed by atoms with Crippen LogP contribution in [0.15, 0.2) is 22.7 Å². The van der Waals surface area contributed by atoms with Gasteiger partial charge in [0.1, 0.15) is 10.6 Å². The highest BCUT2D eigenvalue weighted by Gasteiger charge is 2.38. The number of benzene rings is 1. The lowest BCUT2D eigenvalue weighted by molar-refractivity contribution is -0.117. The molecule has 0 heterocycles. The van der Waals surface area contributed by atoms with E-state index in [0.29, 0.717) is 5.69 Å². The van der Waals surface area contributed by atoms with Crippen molar-refractivity contribution < 1.29 is 17.6 Å². The van der Waals surface area contributed by atoms with E-state index in [1.54, 1.807) is 0 Å². The lowest BCUT2D eigenvalue weighted by atomic mass is 10.2. The van der Waals surface area contributed by atoms with Crippen LogP contribution in [0.3, 0.4) is 0 Å². The quantitative estimate of drug-likeness (QED) is 0.920. The summed E-state index contributed by atoms with van der Waals surface area (Å²) < 4.78 is 34.6. The first-order valence-electron chi connectivity index (χ1n) is 5.02. The van der Waals surface area contributed by atoms with Gasteiger partial charge in [0.2, 0.25) is 5.91 Å². The largest absolute Gasteiger partial charge is 0.325 e. The van der Waals surface area contributed by atoms with Crippen LogP contribution in [0.4, 0.5) is 10.1 Å². The van der Waals surface area contributed by atoms with Gasteiger partial charge in [-0.25, -0.2) is 12.8 Å². The van der Waals surface area contributed by atoms with Crippen LogP contribution in [0, 0.1) is 5.82 Å². The minimum Gasteiger partial charge on any atom is -0.325 e. The van der Waals surface area contributed by atoms with Gasteiger partial charge >= 0.3 is 0 Å². The maximum absolute atomic E-state index is 13.0. The van der Waals surface area contributed by atoms with Crippen molar-refractivity contribution in [2.75, 3.05) is 11.6 Å². The number of carbonyl (C=O) groups is 1. The highest BCUT2D eigenvalue weighted by atomic mass is 79.9. The Hall–Kier alpha value is -0.950. The van der Waals surface area contributed by atoms with Crippen LogP contribution in [0.1, 0.15) is 13.8 Å². The molecule has 1 amide bonds. The minimum atomic E-state index is -3.54. The van der Waals surface area contributed by atoms with Crippen LogP contribution in [-0.4, -0.2) is 25.3 Å². The minimum absolute atomic E-state index is 0.192. The van der Waals surface area contributed by atoms with Crippen molar-refractivity contribution in [2.24, 2.45) is 0 Å². The normalized spacial score (nSPS) is 12.3. The third kappa shape index (κ3) is 3.08. The molecule has 0 aliphatic rings. The zero-order valence-corrected chi connectivity index (χ0v) is 12.5. The van der Waals surface area contributed by atoms with Crippen LogP contribution in [0.2, 0.25) is 0 Å². The highest BCUT2D eigenvalue weighted by Crippen LogP contribution is 2.22. The number of anilines is 1. The Kier molecular flexibility index (Phi) is 4.17. The van der Waals surface area contributed by atoms with Gasteiger partial charge in [-0.2, -0.15) is 0 Å². The smallest absolute Gasteiger partial charge is 0.245 e. The van der Waals surface area contributed by atoms with Crippen LogP contribution in [-0.2, 0) is 14.6 Å². The van der Waals surface area contributed by atoms with Crippen LogP contribution in [0.25, 0.3) is 0 Å². The lowest BCUT2D eigenvalue weighted by Gasteiger charge is -2.21. The molecule has 0 atom stereocenters. The Morgan fingerprint density at radius 3 is 2.39 bits per heavy atom. The molecule has 1 N–H and O–H groups in total. The second-order valence-corrected chi connectivity index (χ2v) is 7.78. The van der Waals surface area contributed by atoms with E-state index in [1.807, 2.05) is 0 Å². The van der Waals surface area contributed by atoms with E-state index in [4.69, 9.17) is 0 Å². The molecule has 1 aromatic rings. The number of hydrogen-bond acceptors (Lipinski definition) is 3. The molecule has 0 unspecified atom stereocenters. The predicted molar refractivity (Wildman–Crippen MR) is 71.7 cm³/mol. The van der Waals surface area contributed by atoms with E-state index in [-0.39, 0.29) is 4.47 Å². The van der Waals surface area contributed by atoms with E-state index in [9.17, 15) is 17.6 Å². The molecule has 1 aromatic carbocycles. The zero-order chi connectivity index (χ0) is 14.1. The van der Waals surface area contributed by atoms with Gasteiger partial charge in [-0.3, -0.25) is 4.79 Å². The Labute approximate surface area is 114 Å². The monoisotopic (exact) mass is 337 g/mol. The Balaban J connectivity index is 2.99. The van der Waals surface area contributed by atoms with Crippen molar-refractivity contribution in [2.45, 2.75) is 18.6 Å². The molecule has 100 valence electrons. The molecule has 0 spiro atoms. The van der Waals surface area contributed by atoms with Crippen molar-refractivity contribution in [3.8, 4) is 0 Å². The molecule has 0 aliphatic carbocycles. The summed E-state index contributed by atoms with van der Waals surface area (Å²) in [5, 5.41) is 2.44. The third-order valence-electron chi connectivity index (χ3n) is 2.65. The molecule has 0 fully saturated rings. The third-order valence-corrected chi connectivity index (χ3v) is 5.30. The van der Waals surface area contributed by atoms with Gasteiger partial charge in [0, 0.05) is 11.9 Å². The van der Waals surface area contributed by atoms with Gasteiger partial charge in [0.05, 0.1) is 4.47 Å². The standard InChI is InChI=1S/C11H13BrFNO3S/c1-11(2,18(3,16)17)10(15)14-7-4-5-9(13)8(12)6-7/h4-6H,1-3H3,(H,14,15). The molecule has 0 aromatic heterocycles. The maximum Gasteiger partial charge on any atom is 0.245 e. The van der Waals surface area contributed by atoms with E-state index in [1.165, 1.54) is 32.0 Å². The molecule has 18 heavy (non-hydrogen) atoms. The summed E-state index contributed by atoms with van der Waals surface area (Å²) in [5.41, 5.74) is 0.324. The fourth-order valence-electron chi connectivity index (χ4n) is 1.02. The summed E-state index contributed by atoms with van der Waals surface area (Å²) in [7, 11) is -3.54. The lowest BCUT2D eigenvalue weighted by Crippen LogP contribution is -2.43. The number of sulfone groups is 1. The fourth-order valence-corrected chi connectivity index (χ4v) is 1.79. The number of rotatable bonds is 3. The van der Waals surface area contributed by atoms with Crippen molar-refractivity contribution in [1.82, 2.24) is 0 Å². The predicted octanol–water partition coefficient (Wildman–Crippen LogP) is 2.35. The summed E-state index contributed by atoms with van der Waals surface area (Å²) in [6.45, 7) is 2.63. The average molecular weight is 338 g/mol. The molecule has 0 saturated carbocycles. The molecular weight excluding hydrogens is 325 g/mol. The molecule has 0 saturated heterocycles. The van der Waals surface area contributed by atoms with Crippen LogP contribution >= 0.6 is 15.9 Å². The fraction of sp³-hybridized carbons (Fsp3) is 0.364. The number of nitrogens with one attached hydrogen (secondary N) is 1. The molecule has 0 aliphatic heterocycles. The van der Waals surface area contributed by atoms with E-state index in [2.05, 4.69) is 21.2 Å². The second-order valence-electron chi connectivity index (χ2n) is 4.37. The Morgan fingerprint density at radius 2 is 1.94 bits per heavy atom. The molecule has 0 bridgehead atoms. The van der Waals surface area contributed by atoms with Gasteiger partial charge in [-0.05, 0) is 48.0 Å². The van der Waals surface area contributed by atoms with Gasteiger partial charge in [0.15, 0.2) is 9.84 Å². The van der Waals surface area contributed by atoms with Crippen LogP contribution < -0.4 is 5.32 Å². The molecule has 7 heteroatoms. The van der Waals surface area contributed by atoms with E-state index < -0.39 is 26.3 Å². The van der Waals surface area contributed by atoms with Crippen molar-refractivity contribution in [1.29, 1.82) is 0 Å². The summed E-state index contributed by atoms with van der Waals surface area (Å²) in [5.74, 6) is -1.13. The number of halogens is 2. The Morgan fingerprint density at radius 1 is 1.39 bits per heavy atom. The number of carbonyl (C=O) groups excluding carboxylic acids is 1. The molecular formula is C11H13BrFNO3S. The van der Waals surface area contributed by atoms with Crippen molar-refractivity contribution in [3.05, 3.63) is 28.5 Å².